The van der Waals surface area contributed by atoms with Gasteiger partial charge in [-0.25, -0.2) is 0 Å². The van der Waals surface area contributed by atoms with Gasteiger partial charge < -0.3 is 14.8 Å². The summed E-state index contributed by atoms with van der Waals surface area (Å²) in [6.07, 6.45) is 9.43. The molecule has 1 aromatic rings. The van der Waals surface area contributed by atoms with E-state index in [0.29, 0.717) is 24.0 Å². The average Bonchev–Trinajstić information content (AvgIpc) is 3.09. The SMILES string of the molecule is COc1ccc(CNC(=O)C2CSC34C=CC=CC3=NCCC24)cc1OC. The van der Waals surface area contributed by atoms with Crippen molar-refractivity contribution in [2.45, 2.75) is 17.7 Å². The van der Waals surface area contributed by atoms with Crippen molar-refractivity contribution in [3.8, 4) is 11.5 Å². The number of carbonyl (C=O) groups excluding carboxylic acids is 1. The fourth-order valence-corrected chi connectivity index (χ4v) is 6.02. The zero-order valence-corrected chi connectivity index (χ0v) is 16.4. The first-order valence-corrected chi connectivity index (χ1v) is 10.2. The second-order valence-corrected chi connectivity index (χ2v) is 8.30. The number of carbonyl (C=O) groups is 1. The Kier molecular flexibility index (Phi) is 5.00. The molecule has 4 rings (SSSR count). The summed E-state index contributed by atoms with van der Waals surface area (Å²) < 4.78 is 10.5. The number of rotatable bonds is 5. The molecule has 3 atom stereocenters. The highest BCUT2D eigenvalue weighted by Gasteiger charge is 2.53. The van der Waals surface area contributed by atoms with Gasteiger partial charge in [-0.3, -0.25) is 9.79 Å². The Morgan fingerprint density at radius 3 is 2.96 bits per heavy atom. The summed E-state index contributed by atoms with van der Waals surface area (Å²) in [4.78, 5) is 17.7. The second kappa shape index (κ2) is 7.43. The lowest BCUT2D eigenvalue weighted by Gasteiger charge is -2.38. The monoisotopic (exact) mass is 384 g/mol. The normalized spacial score (nSPS) is 28.1. The highest BCUT2D eigenvalue weighted by Crippen LogP contribution is 2.52. The standard InChI is InChI=1S/C21H24N2O3S/c1-25-17-7-6-14(11-18(17)26-2)12-23-20(24)15-13-27-21-9-4-3-5-19(21)22-10-8-16(15)21/h3-7,9,11,15-16H,8,10,12-13H2,1-2H3,(H,23,24). The molecular formula is C21H24N2O3S. The number of aliphatic imine (C=N–C) groups is 1. The molecular weight excluding hydrogens is 360 g/mol. The third-order valence-electron chi connectivity index (χ3n) is 5.62. The molecule has 0 saturated carbocycles. The molecule has 1 spiro atoms. The van der Waals surface area contributed by atoms with E-state index in [1.165, 1.54) is 0 Å². The quantitative estimate of drug-likeness (QED) is 0.848. The molecule has 5 nitrogen and oxygen atoms in total. The molecule has 1 aromatic carbocycles. The van der Waals surface area contributed by atoms with Crippen LogP contribution in [0.5, 0.6) is 11.5 Å². The Hall–Kier alpha value is -2.21. The largest absolute Gasteiger partial charge is 0.493 e. The summed E-state index contributed by atoms with van der Waals surface area (Å²) in [7, 11) is 3.23. The van der Waals surface area contributed by atoms with Crippen LogP contribution in [0, 0.1) is 11.8 Å². The second-order valence-electron chi connectivity index (χ2n) is 7.00. The van der Waals surface area contributed by atoms with Gasteiger partial charge in [0.1, 0.15) is 0 Å². The first kappa shape index (κ1) is 18.2. The summed E-state index contributed by atoms with van der Waals surface area (Å²) in [5.41, 5.74) is 2.12. The molecule has 0 bridgehead atoms. The van der Waals surface area contributed by atoms with Crippen LogP contribution in [0.4, 0.5) is 0 Å². The van der Waals surface area contributed by atoms with E-state index in [1.807, 2.05) is 36.0 Å². The molecule has 1 fully saturated rings. The topological polar surface area (TPSA) is 59.9 Å². The maximum atomic E-state index is 13.0. The molecule has 0 radical (unpaired) electrons. The molecule has 3 unspecified atom stereocenters. The van der Waals surface area contributed by atoms with Crippen LogP contribution in [0.1, 0.15) is 12.0 Å². The van der Waals surface area contributed by atoms with Crippen LogP contribution in [0.15, 0.2) is 47.5 Å². The molecule has 142 valence electrons. The van der Waals surface area contributed by atoms with Crippen molar-refractivity contribution < 1.29 is 14.3 Å². The first-order valence-electron chi connectivity index (χ1n) is 9.21. The molecule has 1 N–H and O–H groups in total. The lowest BCUT2D eigenvalue weighted by molar-refractivity contribution is -0.125. The van der Waals surface area contributed by atoms with Crippen molar-refractivity contribution in [3.05, 3.63) is 48.1 Å². The van der Waals surface area contributed by atoms with Gasteiger partial charge in [-0.05, 0) is 36.1 Å². The minimum Gasteiger partial charge on any atom is -0.493 e. The molecule has 3 aliphatic rings. The van der Waals surface area contributed by atoms with Crippen LogP contribution in [-0.2, 0) is 11.3 Å². The lowest BCUT2D eigenvalue weighted by Crippen LogP contribution is -2.46. The number of amides is 1. The molecule has 0 aromatic heterocycles. The summed E-state index contributed by atoms with van der Waals surface area (Å²) in [6.45, 7) is 1.29. The van der Waals surface area contributed by atoms with E-state index < -0.39 is 0 Å². The van der Waals surface area contributed by atoms with Crippen molar-refractivity contribution in [1.29, 1.82) is 0 Å². The number of hydrogen-bond acceptors (Lipinski definition) is 5. The zero-order chi connectivity index (χ0) is 18.9. The molecule has 1 saturated heterocycles. The maximum Gasteiger partial charge on any atom is 0.224 e. The predicted octanol–water partition coefficient (Wildman–Crippen LogP) is 3.01. The summed E-state index contributed by atoms with van der Waals surface area (Å²) >= 11 is 1.86. The number of hydrogen-bond donors (Lipinski definition) is 1. The Labute approximate surface area is 163 Å². The molecule has 6 heteroatoms. The van der Waals surface area contributed by atoms with E-state index in [-0.39, 0.29) is 16.6 Å². The number of methoxy groups -OCH3 is 2. The summed E-state index contributed by atoms with van der Waals surface area (Å²) in [5.74, 6) is 2.64. The van der Waals surface area contributed by atoms with Gasteiger partial charge in [0.15, 0.2) is 11.5 Å². The number of benzene rings is 1. The van der Waals surface area contributed by atoms with Gasteiger partial charge >= 0.3 is 0 Å². The third-order valence-corrected chi connectivity index (χ3v) is 7.27. The van der Waals surface area contributed by atoms with Crippen molar-refractivity contribution in [2.24, 2.45) is 16.8 Å². The minimum atomic E-state index is -0.113. The van der Waals surface area contributed by atoms with Gasteiger partial charge in [0, 0.05) is 18.8 Å². The number of nitrogens with zero attached hydrogens (tertiary/aromatic N) is 1. The van der Waals surface area contributed by atoms with Gasteiger partial charge in [-0.2, -0.15) is 0 Å². The van der Waals surface area contributed by atoms with Gasteiger partial charge in [0.25, 0.3) is 0 Å². The van der Waals surface area contributed by atoms with Gasteiger partial charge in [0.2, 0.25) is 5.91 Å². The highest BCUT2D eigenvalue weighted by molar-refractivity contribution is 8.02. The Balaban J connectivity index is 1.45. The highest BCUT2D eigenvalue weighted by atomic mass is 32.2. The van der Waals surface area contributed by atoms with E-state index in [0.717, 1.165) is 30.0 Å². The van der Waals surface area contributed by atoms with Gasteiger partial charge in [-0.15, -0.1) is 11.8 Å². The smallest absolute Gasteiger partial charge is 0.224 e. The molecule has 1 aliphatic carbocycles. The van der Waals surface area contributed by atoms with E-state index in [1.54, 1.807) is 14.2 Å². The van der Waals surface area contributed by atoms with E-state index in [4.69, 9.17) is 14.5 Å². The fourth-order valence-electron chi connectivity index (χ4n) is 4.23. The number of thioether (sulfide) groups is 1. The Bertz CT molecular complexity index is 833. The number of allylic oxidation sites excluding steroid dienone is 3. The molecule has 2 heterocycles. The predicted molar refractivity (Wildman–Crippen MR) is 109 cm³/mol. The van der Waals surface area contributed by atoms with Crippen LogP contribution in [0.25, 0.3) is 0 Å². The summed E-state index contributed by atoms with van der Waals surface area (Å²) in [6, 6.07) is 5.72. The maximum absolute atomic E-state index is 13.0. The fraction of sp³-hybridized carbons (Fsp3) is 0.429. The van der Waals surface area contributed by atoms with Crippen molar-refractivity contribution in [1.82, 2.24) is 5.32 Å². The van der Waals surface area contributed by atoms with Crippen LogP contribution < -0.4 is 14.8 Å². The molecule has 27 heavy (non-hydrogen) atoms. The first-order chi connectivity index (χ1) is 13.2. The summed E-state index contributed by atoms with van der Waals surface area (Å²) in [5, 5.41) is 3.12. The van der Waals surface area contributed by atoms with E-state index in [9.17, 15) is 4.79 Å². The minimum absolute atomic E-state index is 0.0109. The molecule has 2 aliphatic heterocycles. The average molecular weight is 385 g/mol. The van der Waals surface area contributed by atoms with Gasteiger partial charge in [0.05, 0.1) is 30.6 Å². The van der Waals surface area contributed by atoms with Crippen LogP contribution >= 0.6 is 11.8 Å². The third kappa shape index (κ3) is 3.16. The lowest BCUT2D eigenvalue weighted by atomic mass is 9.74. The van der Waals surface area contributed by atoms with Crippen LogP contribution in [0.3, 0.4) is 0 Å². The van der Waals surface area contributed by atoms with Crippen molar-refractivity contribution >= 4 is 23.4 Å². The Morgan fingerprint density at radius 1 is 1.30 bits per heavy atom. The van der Waals surface area contributed by atoms with Crippen molar-refractivity contribution in [2.75, 3.05) is 26.5 Å². The van der Waals surface area contributed by atoms with E-state index >= 15 is 0 Å². The van der Waals surface area contributed by atoms with Crippen molar-refractivity contribution in [3.63, 3.8) is 0 Å². The van der Waals surface area contributed by atoms with E-state index in [2.05, 4.69) is 23.5 Å². The zero-order valence-electron chi connectivity index (χ0n) is 15.6. The molecule has 1 amide bonds. The van der Waals surface area contributed by atoms with Gasteiger partial charge in [-0.1, -0.05) is 24.3 Å². The van der Waals surface area contributed by atoms with Crippen LogP contribution in [-0.4, -0.2) is 42.9 Å². The Morgan fingerprint density at radius 2 is 2.15 bits per heavy atom. The number of nitrogens with one attached hydrogen (secondary N) is 1. The van der Waals surface area contributed by atoms with Crippen LogP contribution in [0.2, 0.25) is 0 Å². The number of ether oxygens (including phenoxy) is 2.